The van der Waals surface area contributed by atoms with Crippen molar-refractivity contribution in [1.82, 2.24) is 0 Å². The number of unbranched alkanes of at least 4 members (excludes halogenated alkanes) is 9. The highest BCUT2D eigenvalue weighted by Gasteiger charge is 2.28. The molecular weight excluding hydrogens is 928 g/mol. The second kappa shape index (κ2) is 52.9. The zero-order valence-electron chi connectivity index (χ0n) is 44.6. The molecule has 12 heteroatoms. The molecule has 0 fully saturated rings. The second-order valence-electron chi connectivity index (χ2n) is 17.3. The van der Waals surface area contributed by atoms with Gasteiger partial charge in [0.15, 0.2) is 6.10 Å². The van der Waals surface area contributed by atoms with Crippen molar-refractivity contribution in [1.29, 1.82) is 0 Å². The average molecular weight is 1020 g/mol. The lowest BCUT2D eigenvalue weighted by atomic mass is 10.1. The van der Waals surface area contributed by atoms with Crippen LogP contribution in [-0.4, -0.2) is 66.5 Å². The molecule has 72 heavy (non-hydrogen) atoms. The van der Waals surface area contributed by atoms with Crippen LogP contribution in [0.5, 0.6) is 0 Å². The lowest BCUT2D eigenvalue weighted by Gasteiger charge is -2.21. The van der Waals surface area contributed by atoms with Crippen molar-refractivity contribution in [3.8, 4) is 0 Å². The standard InChI is InChI=1S/C60H95O11P/c1-4-7-10-13-16-19-22-25-27-28-30-33-36-39-42-45-48-51-60(64)71-57(53-67-58(62)49-46-43-40-37-34-32-29-26-23-20-17-14-11-8-5-2)55-69-72(65,66)68-54-56(52-61)70-59(63)50-47-44-41-38-35-31-24-21-18-15-12-9-6-3/h7,9-10,12,16-21,25-27,29-31,33,35,39,41-42,44,56-57,61H,4-6,8,11,13-15,22-24,28,32,34,36-38,40,43,45-55H2,1-3H3,(H,65,66)/b10-7-,12-9-,19-16-,20-17-,21-18-,27-25-,29-26-,33-30-,35-31-,42-39-,44-41-. The van der Waals surface area contributed by atoms with E-state index in [1.54, 1.807) is 0 Å². The molecule has 0 aromatic carbocycles. The maximum atomic E-state index is 12.9. The van der Waals surface area contributed by atoms with Crippen molar-refractivity contribution in [2.24, 2.45) is 0 Å². The van der Waals surface area contributed by atoms with Crippen molar-refractivity contribution < 1.29 is 52.2 Å². The van der Waals surface area contributed by atoms with Gasteiger partial charge in [-0.15, -0.1) is 0 Å². The highest BCUT2D eigenvalue weighted by molar-refractivity contribution is 7.47. The predicted molar refractivity (Wildman–Crippen MR) is 297 cm³/mol. The number of hydrogen-bond donors (Lipinski definition) is 2. The Balaban J connectivity index is 4.94. The molecule has 406 valence electrons. The number of esters is 3. The van der Waals surface area contributed by atoms with E-state index in [1.165, 1.54) is 19.3 Å². The molecule has 0 heterocycles. The van der Waals surface area contributed by atoms with Gasteiger partial charge in [0.1, 0.15) is 12.7 Å². The predicted octanol–water partition coefficient (Wildman–Crippen LogP) is 15.8. The maximum absolute atomic E-state index is 12.9. The molecule has 0 radical (unpaired) electrons. The lowest BCUT2D eigenvalue weighted by molar-refractivity contribution is -0.161. The third-order valence-corrected chi connectivity index (χ3v) is 11.5. The van der Waals surface area contributed by atoms with Gasteiger partial charge in [-0.3, -0.25) is 23.4 Å². The highest BCUT2D eigenvalue weighted by Crippen LogP contribution is 2.43. The minimum Gasteiger partial charge on any atom is -0.462 e. The molecule has 0 rings (SSSR count). The summed E-state index contributed by atoms with van der Waals surface area (Å²) in [6, 6.07) is 0. The van der Waals surface area contributed by atoms with E-state index in [9.17, 15) is 28.9 Å². The summed E-state index contributed by atoms with van der Waals surface area (Å²) in [6.07, 6.45) is 65.8. The summed E-state index contributed by atoms with van der Waals surface area (Å²) in [5.41, 5.74) is 0. The molecule has 0 saturated carbocycles. The molecular formula is C60H95O11P. The number of hydrogen-bond acceptors (Lipinski definition) is 10. The largest absolute Gasteiger partial charge is 0.472 e. The van der Waals surface area contributed by atoms with Gasteiger partial charge < -0.3 is 24.2 Å². The van der Waals surface area contributed by atoms with Gasteiger partial charge in [-0.1, -0.05) is 187 Å². The maximum Gasteiger partial charge on any atom is 0.472 e. The van der Waals surface area contributed by atoms with Crippen LogP contribution < -0.4 is 0 Å². The number of ether oxygens (including phenoxy) is 3. The summed E-state index contributed by atoms with van der Waals surface area (Å²) in [5.74, 6) is -1.66. The van der Waals surface area contributed by atoms with Gasteiger partial charge in [-0.05, 0) is 116 Å². The first kappa shape index (κ1) is 67.6. The summed E-state index contributed by atoms with van der Waals surface area (Å²) in [6.45, 7) is 4.19. The zero-order chi connectivity index (χ0) is 52.7. The molecule has 3 unspecified atom stereocenters. The fraction of sp³-hybridized carbons (Fsp3) is 0.583. The van der Waals surface area contributed by atoms with Gasteiger partial charge in [-0.25, -0.2) is 4.57 Å². The average Bonchev–Trinajstić information content (AvgIpc) is 3.37. The fourth-order valence-corrected chi connectivity index (χ4v) is 7.28. The number of carbonyl (C=O) groups is 3. The van der Waals surface area contributed by atoms with E-state index in [4.69, 9.17) is 23.3 Å². The van der Waals surface area contributed by atoms with E-state index in [2.05, 4.69) is 124 Å². The van der Waals surface area contributed by atoms with Crippen molar-refractivity contribution in [2.45, 2.75) is 200 Å². The van der Waals surface area contributed by atoms with Crippen LogP contribution in [-0.2, 0) is 42.2 Å². The van der Waals surface area contributed by atoms with Gasteiger partial charge in [0.2, 0.25) is 0 Å². The summed E-state index contributed by atoms with van der Waals surface area (Å²) >= 11 is 0. The van der Waals surface area contributed by atoms with Crippen LogP contribution in [0.3, 0.4) is 0 Å². The van der Waals surface area contributed by atoms with Gasteiger partial charge in [0, 0.05) is 19.3 Å². The smallest absolute Gasteiger partial charge is 0.462 e. The third kappa shape index (κ3) is 50.6. The molecule has 2 N–H and O–H groups in total. The zero-order valence-corrected chi connectivity index (χ0v) is 45.5. The monoisotopic (exact) mass is 1020 g/mol. The Kier molecular flexibility index (Phi) is 49.7. The first-order chi connectivity index (χ1) is 35.2. The Labute approximate surface area is 436 Å². The SMILES string of the molecule is CC/C=C\C/C=C\C/C=C\C/C=C\C/C=C\CCCC(=O)OC(COC(=O)CCCCCCC/C=C\C/C=C\CCCCC)COP(=O)(O)OCC(CO)OC(=O)CC/C=C\C/C=C\C/C=C\C/C=C\CC. The number of aliphatic hydroxyl groups excluding tert-OH is 1. The summed E-state index contributed by atoms with van der Waals surface area (Å²) in [7, 11) is -4.79. The minimum absolute atomic E-state index is 0.0433. The molecule has 0 amide bonds. The van der Waals surface area contributed by atoms with E-state index < -0.39 is 57.8 Å². The number of rotatable bonds is 48. The van der Waals surface area contributed by atoms with Crippen LogP contribution in [0.4, 0.5) is 0 Å². The fourth-order valence-electron chi connectivity index (χ4n) is 6.49. The molecule has 0 bridgehead atoms. The second-order valence-corrected chi connectivity index (χ2v) is 18.7. The molecule has 0 spiro atoms. The molecule has 11 nitrogen and oxygen atoms in total. The first-order valence-corrected chi connectivity index (χ1v) is 28.6. The van der Waals surface area contributed by atoms with Crippen molar-refractivity contribution in [2.75, 3.05) is 26.4 Å². The minimum atomic E-state index is -4.79. The Hall–Kier alpha value is -4.38. The van der Waals surface area contributed by atoms with E-state index >= 15 is 0 Å². The van der Waals surface area contributed by atoms with Crippen LogP contribution >= 0.6 is 7.82 Å². The molecule has 0 aromatic heterocycles. The van der Waals surface area contributed by atoms with Gasteiger partial charge in [0.25, 0.3) is 0 Å². The van der Waals surface area contributed by atoms with Crippen LogP contribution in [0.2, 0.25) is 0 Å². The van der Waals surface area contributed by atoms with Gasteiger partial charge in [0.05, 0.1) is 19.8 Å². The number of carbonyl (C=O) groups excluding carboxylic acids is 3. The molecule has 0 aliphatic carbocycles. The Morgan fingerprint density at radius 2 is 0.764 bits per heavy atom. The lowest BCUT2D eigenvalue weighted by Crippen LogP contribution is -2.30. The quantitative estimate of drug-likeness (QED) is 0.0197. The van der Waals surface area contributed by atoms with E-state index in [-0.39, 0.29) is 25.9 Å². The molecule has 0 aliphatic heterocycles. The van der Waals surface area contributed by atoms with Crippen LogP contribution in [0, 0.1) is 0 Å². The normalized spacial score (nSPS) is 14.5. The Bertz CT molecular complexity index is 1710. The molecule has 3 atom stereocenters. The van der Waals surface area contributed by atoms with E-state index in [1.807, 2.05) is 30.4 Å². The van der Waals surface area contributed by atoms with E-state index in [0.717, 1.165) is 103 Å². The summed E-state index contributed by atoms with van der Waals surface area (Å²) in [5, 5.41) is 9.77. The number of phosphoric ester groups is 1. The number of allylic oxidation sites excluding steroid dienone is 22. The number of phosphoric acid groups is 1. The first-order valence-electron chi connectivity index (χ1n) is 27.1. The Morgan fingerprint density at radius 3 is 1.24 bits per heavy atom. The topological polar surface area (TPSA) is 155 Å². The van der Waals surface area contributed by atoms with Crippen molar-refractivity contribution in [3.63, 3.8) is 0 Å². The van der Waals surface area contributed by atoms with Crippen LogP contribution in [0.25, 0.3) is 0 Å². The highest BCUT2D eigenvalue weighted by atomic mass is 31.2. The third-order valence-electron chi connectivity index (χ3n) is 10.6. The molecule has 0 aliphatic rings. The molecule has 0 aromatic rings. The van der Waals surface area contributed by atoms with Crippen molar-refractivity contribution in [3.05, 3.63) is 134 Å². The van der Waals surface area contributed by atoms with Crippen LogP contribution in [0.1, 0.15) is 188 Å². The van der Waals surface area contributed by atoms with Gasteiger partial charge >= 0.3 is 25.7 Å². The van der Waals surface area contributed by atoms with Crippen molar-refractivity contribution >= 4 is 25.7 Å². The number of aliphatic hydroxyl groups is 1. The Morgan fingerprint density at radius 1 is 0.403 bits per heavy atom. The summed E-state index contributed by atoms with van der Waals surface area (Å²) in [4.78, 5) is 48.4. The van der Waals surface area contributed by atoms with Crippen LogP contribution in [0.15, 0.2) is 134 Å². The molecule has 0 saturated heterocycles. The van der Waals surface area contributed by atoms with E-state index in [0.29, 0.717) is 25.7 Å². The summed E-state index contributed by atoms with van der Waals surface area (Å²) < 4.78 is 39.3. The van der Waals surface area contributed by atoms with Gasteiger partial charge in [-0.2, -0.15) is 0 Å².